The molecule has 0 spiro atoms. The van der Waals surface area contributed by atoms with Crippen LogP contribution in [0.4, 0.5) is 5.82 Å². The van der Waals surface area contributed by atoms with Crippen LogP contribution in [-0.4, -0.2) is 15.7 Å². The molecule has 22 heavy (non-hydrogen) atoms. The van der Waals surface area contributed by atoms with E-state index in [-0.39, 0.29) is 5.91 Å². The molecular formula is C17H17N3OS. The lowest BCUT2D eigenvalue weighted by Crippen LogP contribution is -2.15. The van der Waals surface area contributed by atoms with E-state index in [0.717, 1.165) is 27.5 Å². The Bertz CT molecular complexity index is 789. The topological polar surface area (TPSA) is 46.9 Å². The van der Waals surface area contributed by atoms with Crippen molar-refractivity contribution < 1.29 is 4.79 Å². The van der Waals surface area contributed by atoms with Crippen molar-refractivity contribution in [2.75, 3.05) is 5.32 Å². The summed E-state index contributed by atoms with van der Waals surface area (Å²) in [6, 6.07) is 13.9. The predicted molar refractivity (Wildman–Crippen MR) is 89.5 cm³/mol. The van der Waals surface area contributed by atoms with E-state index >= 15 is 0 Å². The molecule has 0 bridgehead atoms. The van der Waals surface area contributed by atoms with Gasteiger partial charge in [0.15, 0.2) is 0 Å². The fraction of sp³-hybridized carbons (Fsp3) is 0.176. The summed E-state index contributed by atoms with van der Waals surface area (Å²) in [5, 5.41) is 9.36. The maximum Gasteiger partial charge on any atom is 0.267 e. The van der Waals surface area contributed by atoms with E-state index in [4.69, 9.17) is 0 Å². The molecule has 0 unspecified atom stereocenters. The highest BCUT2D eigenvalue weighted by molar-refractivity contribution is 7.12. The van der Waals surface area contributed by atoms with Gasteiger partial charge in [-0.25, -0.2) is 4.68 Å². The lowest BCUT2D eigenvalue weighted by molar-refractivity contribution is 0.102. The van der Waals surface area contributed by atoms with Crippen LogP contribution in [0.15, 0.2) is 47.8 Å². The predicted octanol–water partition coefficient (Wildman–Crippen LogP) is 3.86. The number of nitrogens with zero attached hydrogens (tertiary/aromatic N) is 2. The molecule has 0 aliphatic heterocycles. The van der Waals surface area contributed by atoms with Crippen LogP contribution in [0, 0.1) is 13.8 Å². The largest absolute Gasteiger partial charge is 0.306 e. The van der Waals surface area contributed by atoms with Gasteiger partial charge < -0.3 is 5.32 Å². The third-order valence-corrected chi connectivity index (χ3v) is 4.40. The number of anilines is 1. The van der Waals surface area contributed by atoms with Crippen molar-refractivity contribution in [1.29, 1.82) is 0 Å². The van der Waals surface area contributed by atoms with Gasteiger partial charge in [-0.1, -0.05) is 30.3 Å². The smallest absolute Gasteiger partial charge is 0.267 e. The van der Waals surface area contributed by atoms with E-state index in [1.165, 1.54) is 11.3 Å². The second-order valence-corrected chi connectivity index (χ2v) is 6.12. The van der Waals surface area contributed by atoms with Crippen LogP contribution in [0.5, 0.6) is 0 Å². The lowest BCUT2D eigenvalue weighted by atomic mass is 10.2. The quantitative estimate of drug-likeness (QED) is 0.795. The first-order valence-corrected chi connectivity index (χ1v) is 7.95. The van der Waals surface area contributed by atoms with Crippen molar-refractivity contribution in [2.24, 2.45) is 0 Å². The Morgan fingerprint density at radius 3 is 2.68 bits per heavy atom. The number of aryl methyl sites for hydroxylation is 2. The molecule has 4 nitrogen and oxygen atoms in total. The van der Waals surface area contributed by atoms with Gasteiger partial charge >= 0.3 is 0 Å². The third kappa shape index (κ3) is 3.09. The second-order valence-electron chi connectivity index (χ2n) is 5.20. The standard InChI is InChI=1S/C17H17N3OS/c1-12-8-9-22-16(12)17(21)18-15-10-13(2)19-20(15)11-14-6-4-3-5-7-14/h3-10H,11H2,1-2H3,(H,18,21). The second kappa shape index (κ2) is 6.15. The van der Waals surface area contributed by atoms with Gasteiger partial charge in [-0.15, -0.1) is 11.3 Å². The van der Waals surface area contributed by atoms with E-state index in [1.807, 2.05) is 66.4 Å². The van der Waals surface area contributed by atoms with Crippen molar-refractivity contribution >= 4 is 23.1 Å². The summed E-state index contributed by atoms with van der Waals surface area (Å²) in [6.07, 6.45) is 0. The number of carbonyl (C=O) groups is 1. The van der Waals surface area contributed by atoms with Crippen LogP contribution in [0.3, 0.4) is 0 Å². The number of thiophene rings is 1. The fourth-order valence-corrected chi connectivity index (χ4v) is 3.12. The van der Waals surface area contributed by atoms with Crippen molar-refractivity contribution in [3.63, 3.8) is 0 Å². The van der Waals surface area contributed by atoms with E-state index in [2.05, 4.69) is 10.4 Å². The Labute approximate surface area is 133 Å². The summed E-state index contributed by atoms with van der Waals surface area (Å²) >= 11 is 1.45. The number of aromatic nitrogens is 2. The van der Waals surface area contributed by atoms with Crippen molar-refractivity contribution in [3.8, 4) is 0 Å². The molecule has 0 saturated heterocycles. The molecule has 0 radical (unpaired) electrons. The van der Waals surface area contributed by atoms with Crippen molar-refractivity contribution in [1.82, 2.24) is 9.78 Å². The van der Waals surface area contributed by atoms with E-state index in [9.17, 15) is 4.79 Å². The number of rotatable bonds is 4. The molecule has 1 aromatic carbocycles. The van der Waals surface area contributed by atoms with Gasteiger partial charge in [0.25, 0.3) is 5.91 Å². The van der Waals surface area contributed by atoms with Crippen LogP contribution in [0.25, 0.3) is 0 Å². The minimum Gasteiger partial charge on any atom is -0.306 e. The highest BCUT2D eigenvalue weighted by Gasteiger charge is 2.14. The van der Waals surface area contributed by atoms with Crippen molar-refractivity contribution in [2.45, 2.75) is 20.4 Å². The molecular weight excluding hydrogens is 294 g/mol. The van der Waals surface area contributed by atoms with Gasteiger partial charge in [-0.2, -0.15) is 5.10 Å². The third-order valence-electron chi connectivity index (χ3n) is 3.39. The Balaban J connectivity index is 1.82. The van der Waals surface area contributed by atoms with Crippen LogP contribution >= 0.6 is 11.3 Å². The molecule has 1 amide bonds. The molecule has 1 N–H and O–H groups in total. The molecule has 0 saturated carbocycles. The molecule has 2 heterocycles. The number of hydrogen-bond acceptors (Lipinski definition) is 3. The Morgan fingerprint density at radius 1 is 1.23 bits per heavy atom. The molecule has 2 aromatic heterocycles. The average Bonchev–Trinajstić information content (AvgIpc) is 3.06. The SMILES string of the molecule is Cc1cc(NC(=O)c2sccc2C)n(Cc2ccccc2)n1. The summed E-state index contributed by atoms with van der Waals surface area (Å²) < 4.78 is 1.82. The number of hydrogen-bond donors (Lipinski definition) is 1. The first-order valence-electron chi connectivity index (χ1n) is 7.07. The zero-order chi connectivity index (χ0) is 15.5. The summed E-state index contributed by atoms with van der Waals surface area (Å²) in [5.41, 5.74) is 3.02. The molecule has 0 fully saturated rings. The fourth-order valence-electron chi connectivity index (χ4n) is 2.30. The maximum atomic E-state index is 12.4. The minimum atomic E-state index is -0.0817. The molecule has 112 valence electrons. The summed E-state index contributed by atoms with van der Waals surface area (Å²) in [5.74, 6) is 0.640. The Kier molecular flexibility index (Phi) is 4.06. The first kappa shape index (κ1) is 14.5. The zero-order valence-corrected chi connectivity index (χ0v) is 13.4. The molecule has 0 aliphatic rings. The Morgan fingerprint density at radius 2 is 2.00 bits per heavy atom. The monoisotopic (exact) mass is 311 g/mol. The van der Waals surface area contributed by atoms with Crippen LogP contribution in [0.1, 0.15) is 26.5 Å². The van der Waals surface area contributed by atoms with E-state index in [1.54, 1.807) is 0 Å². The molecule has 0 aliphatic carbocycles. The van der Waals surface area contributed by atoms with Crippen LogP contribution in [-0.2, 0) is 6.54 Å². The first-order chi connectivity index (χ1) is 10.6. The van der Waals surface area contributed by atoms with Crippen LogP contribution in [0.2, 0.25) is 0 Å². The molecule has 5 heteroatoms. The van der Waals surface area contributed by atoms with E-state index in [0.29, 0.717) is 6.54 Å². The number of nitrogens with one attached hydrogen (secondary N) is 1. The summed E-state index contributed by atoms with van der Waals surface area (Å²) in [4.78, 5) is 13.1. The van der Waals surface area contributed by atoms with Gasteiger partial charge in [0.2, 0.25) is 0 Å². The maximum absolute atomic E-state index is 12.4. The van der Waals surface area contributed by atoms with Crippen LogP contribution < -0.4 is 5.32 Å². The Hall–Kier alpha value is -2.40. The van der Waals surface area contributed by atoms with Gasteiger partial charge in [0.1, 0.15) is 5.82 Å². The number of carbonyl (C=O) groups excluding carboxylic acids is 1. The normalized spacial score (nSPS) is 10.6. The van der Waals surface area contributed by atoms with E-state index < -0.39 is 0 Å². The molecule has 3 aromatic rings. The van der Waals surface area contributed by atoms with Crippen molar-refractivity contribution in [3.05, 3.63) is 69.5 Å². The average molecular weight is 311 g/mol. The number of amides is 1. The summed E-state index contributed by atoms with van der Waals surface area (Å²) in [7, 11) is 0. The minimum absolute atomic E-state index is 0.0817. The zero-order valence-electron chi connectivity index (χ0n) is 12.5. The highest BCUT2D eigenvalue weighted by atomic mass is 32.1. The highest BCUT2D eigenvalue weighted by Crippen LogP contribution is 2.19. The number of benzene rings is 1. The molecule has 3 rings (SSSR count). The van der Waals surface area contributed by atoms with Gasteiger partial charge in [-0.3, -0.25) is 4.79 Å². The molecule has 0 atom stereocenters. The van der Waals surface area contributed by atoms with Gasteiger partial charge in [-0.05, 0) is 36.4 Å². The lowest BCUT2D eigenvalue weighted by Gasteiger charge is -2.09. The summed E-state index contributed by atoms with van der Waals surface area (Å²) in [6.45, 7) is 4.50. The van der Waals surface area contributed by atoms with Gasteiger partial charge in [0.05, 0.1) is 17.1 Å². The van der Waals surface area contributed by atoms with Gasteiger partial charge in [0, 0.05) is 6.07 Å².